The number of amides is 1. The van der Waals surface area contributed by atoms with Crippen molar-refractivity contribution in [3.05, 3.63) is 57.0 Å². The fourth-order valence-corrected chi connectivity index (χ4v) is 3.33. The van der Waals surface area contributed by atoms with Crippen LogP contribution in [0.4, 0.5) is 4.79 Å². The fraction of sp³-hybridized carbons (Fsp3) is 0.450. The van der Waals surface area contributed by atoms with Gasteiger partial charge < -0.3 is 14.8 Å². The standard InChI is InChI=1S/C20H24BrN3O4/c1-20(2,3)28-19(26)22-14-7-8-15(14)27-12-13-10-16(21)23-17(11-13)24-9-5-4-6-18(24)25/h4-6,9-11,14-15H,7-8,12H2,1-3H3,(H,22,26)/t14-,15-/m1/s1. The van der Waals surface area contributed by atoms with E-state index in [0.29, 0.717) is 17.0 Å². The van der Waals surface area contributed by atoms with Crippen molar-refractivity contribution in [1.29, 1.82) is 0 Å². The van der Waals surface area contributed by atoms with E-state index in [1.54, 1.807) is 18.3 Å². The van der Waals surface area contributed by atoms with Crippen LogP contribution in [0, 0.1) is 0 Å². The lowest BCUT2D eigenvalue weighted by atomic mass is 9.89. The summed E-state index contributed by atoms with van der Waals surface area (Å²) in [6.07, 6.45) is 2.91. The van der Waals surface area contributed by atoms with E-state index in [4.69, 9.17) is 9.47 Å². The highest BCUT2D eigenvalue weighted by molar-refractivity contribution is 9.10. The average Bonchev–Trinajstić information content (AvgIpc) is 2.57. The summed E-state index contributed by atoms with van der Waals surface area (Å²) < 4.78 is 13.4. The molecule has 0 bridgehead atoms. The quantitative estimate of drug-likeness (QED) is 0.705. The number of nitrogens with zero attached hydrogens (tertiary/aromatic N) is 2. The summed E-state index contributed by atoms with van der Waals surface area (Å²) in [5.41, 5.74) is 0.204. The van der Waals surface area contributed by atoms with Gasteiger partial charge >= 0.3 is 6.09 Å². The summed E-state index contributed by atoms with van der Waals surface area (Å²) >= 11 is 3.39. The molecule has 0 radical (unpaired) electrons. The molecule has 1 N–H and O–H groups in total. The monoisotopic (exact) mass is 449 g/mol. The van der Waals surface area contributed by atoms with Gasteiger partial charge in [0.15, 0.2) is 0 Å². The molecule has 1 aliphatic carbocycles. The summed E-state index contributed by atoms with van der Waals surface area (Å²) in [5.74, 6) is 0.524. The van der Waals surface area contributed by atoms with Gasteiger partial charge in [0.2, 0.25) is 0 Å². The molecule has 1 aliphatic rings. The second-order valence-corrected chi connectivity index (χ2v) is 8.56. The fourth-order valence-electron chi connectivity index (χ4n) is 2.85. The number of pyridine rings is 2. The lowest BCUT2D eigenvalue weighted by Crippen LogP contribution is -2.52. The number of rotatable bonds is 5. The van der Waals surface area contributed by atoms with Crippen LogP contribution < -0.4 is 10.9 Å². The van der Waals surface area contributed by atoms with Crippen molar-refractivity contribution < 1.29 is 14.3 Å². The highest BCUT2D eigenvalue weighted by Gasteiger charge is 2.34. The zero-order chi connectivity index (χ0) is 20.3. The molecular weight excluding hydrogens is 426 g/mol. The lowest BCUT2D eigenvalue weighted by Gasteiger charge is -2.37. The molecule has 1 amide bonds. The number of alkyl carbamates (subject to hydrolysis) is 1. The number of carbonyl (C=O) groups excluding carboxylic acids is 1. The molecule has 0 saturated heterocycles. The van der Waals surface area contributed by atoms with E-state index in [-0.39, 0.29) is 17.7 Å². The molecule has 2 heterocycles. The van der Waals surface area contributed by atoms with Crippen molar-refractivity contribution >= 4 is 22.0 Å². The van der Waals surface area contributed by atoms with Gasteiger partial charge in [-0.2, -0.15) is 0 Å². The van der Waals surface area contributed by atoms with Crippen LogP contribution >= 0.6 is 15.9 Å². The Kier molecular flexibility index (Phi) is 6.20. The van der Waals surface area contributed by atoms with Crippen molar-refractivity contribution in [2.24, 2.45) is 0 Å². The van der Waals surface area contributed by atoms with Gasteiger partial charge in [0, 0.05) is 12.3 Å². The molecule has 1 fully saturated rings. The first-order valence-electron chi connectivity index (χ1n) is 9.17. The largest absolute Gasteiger partial charge is 0.444 e. The van der Waals surface area contributed by atoms with Crippen molar-refractivity contribution in [2.75, 3.05) is 0 Å². The zero-order valence-corrected chi connectivity index (χ0v) is 17.7. The summed E-state index contributed by atoms with van der Waals surface area (Å²) in [4.78, 5) is 28.3. The number of halogens is 1. The van der Waals surface area contributed by atoms with Crippen molar-refractivity contribution in [3.63, 3.8) is 0 Å². The average molecular weight is 450 g/mol. The number of carbonyl (C=O) groups is 1. The van der Waals surface area contributed by atoms with Crippen LogP contribution in [0.2, 0.25) is 0 Å². The first-order chi connectivity index (χ1) is 13.2. The molecule has 0 aromatic carbocycles. The van der Waals surface area contributed by atoms with Crippen molar-refractivity contribution in [1.82, 2.24) is 14.9 Å². The van der Waals surface area contributed by atoms with E-state index in [0.717, 1.165) is 18.4 Å². The highest BCUT2D eigenvalue weighted by Crippen LogP contribution is 2.25. The Morgan fingerprint density at radius 1 is 1.32 bits per heavy atom. The van der Waals surface area contributed by atoms with Gasteiger partial charge in [0.25, 0.3) is 5.56 Å². The van der Waals surface area contributed by atoms with E-state index in [2.05, 4.69) is 26.2 Å². The summed E-state index contributed by atoms with van der Waals surface area (Å²) in [6, 6.07) is 8.57. The molecular formula is C20H24BrN3O4. The molecule has 3 rings (SSSR count). The molecule has 2 atom stereocenters. The SMILES string of the molecule is CC(C)(C)OC(=O)N[C@@H]1CC[C@H]1OCc1cc(Br)nc(-n2ccccc2=O)c1. The van der Waals surface area contributed by atoms with E-state index >= 15 is 0 Å². The Balaban J connectivity index is 1.61. The maximum absolute atomic E-state index is 12.0. The molecule has 1 saturated carbocycles. The normalized spacial score (nSPS) is 19.0. The minimum Gasteiger partial charge on any atom is -0.444 e. The van der Waals surface area contributed by atoms with Gasteiger partial charge in [-0.05, 0) is 73.3 Å². The summed E-state index contributed by atoms with van der Waals surface area (Å²) in [7, 11) is 0. The summed E-state index contributed by atoms with van der Waals surface area (Å²) in [5, 5.41) is 2.86. The molecule has 2 aromatic rings. The van der Waals surface area contributed by atoms with E-state index in [9.17, 15) is 9.59 Å². The third kappa shape index (κ3) is 5.42. The minimum atomic E-state index is -0.528. The first-order valence-corrected chi connectivity index (χ1v) is 9.96. The topological polar surface area (TPSA) is 82.4 Å². The molecule has 28 heavy (non-hydrogen) atoms. The molecule has 7 nitrogen and oxygen atoms in total. The first kappa shape index (κ1) is 20.5. The Morgan fingerprint density at radius 2 is 2.11 bits per heavy atom. The van der Waals surface area contributed by atoms with Crippen LogP contribution in [-0.2, 0) is 16.1 Å². The molecule has 8 heteroatoms. The lowest BCUT2D eigenvalue weighted by molar-refractivity contribution is -0.0391. The predicted molar refractivity (Wildman–Crippen MR) is 109 cm³/mol. The molecule has 0 unspecified atom stereocenters. The van der Waals surface area contributed by atoms with Crippen molar-refractivity contribution in [2.45, 2.75) is 58.0 Å². The molecule has 150 valence electrons. The Labute approximate surface area is 172 Å². The van der Waals surface area contributed by atoms with E-state index < -0.39 is 11.7 Å². The van der Waals surface area contributed by atoms with Crippen molar-refractivity contribution in [3.8, 4) is 5.82 Å². The maximum Gasteiger partial charge on any atom is 0.407 e. The number of hydrogen-bond acceptors (Lipinski definition) is 5. The van der Waals surface area contributed by atoms with Gasteiger partial charge in [0.1, 0.15) is 16.0 Å². The third-order valence-electron chi connectivity index (χ3n) is 4.29. The van der Waals surface area contributed by atoms with Crippen LogP contribution in [-0.4, -0.2) is 33.4 Å². The highest BCUT2D eigenvalue weighted by atomic mass is 79.9. The van der Waals surface area contributed by atoms with Gasteiger partial charge in [-0.15, -0.1) is 0 Å². The summed E-state index contributed by atoms with van der Waals surface area (Å²) in [6.45, 7) is 5.85. The third-order valence-corrected chi connectivity index (χ3v) is 4.69. The van der Waals surface area contributed by atoms with Gasteiger partial charge in [-0.1, -0.05) is 6.07 Å². The number of ether oxygens (including phenoxy) is 2. The number of aromatic nitrogens is 2. The van der Waals surface area contributed by atoms with Gasteiger partial charge in [-0.3, -0.25) is 9.36 Å². The Bertz CT molecular complexity index is 907. The second kappa shape index (κ2) is 8.45. The molecule has 0 spiro atoms. The molecule has 2 aromatic heterocycles. The van der Waals surface area contributed by atoms with E-state index in [1.165, 1.54) is 10.6 Å². The van der Waals surface area contributed by atoms with Gasteiger partial charge in [0.05, 0.1) is 18.8 Å². The Morgan fingerprint density at radius 3 is 2.75 bits per heavy atom. The van der Waals surface area contributed by atoms with Gasteiger partial charge in [-0.25, -0.2) is 9.78 Å². The smallest absolute Gasteiger partial charge is 0.407 e. The molecule has 0 aliphatic heterocycles. The van der Waals surface area contributed by atoms with Crippen LogP contribution in [0.25, 0.3) is 5.82 Å². The maximum atomic E-state index is 12.0. The number of hydrogen-bond donors (Lipinski definition) is 1. The predicted octanol–water partition coefficient (Wildman–Crippen LogP) is 3.57. The van der Waals surface area contributed by atoms with Crippen LogP contribution in [0.15, 0.2) is 45.9 Å². The second-order valence-electron chi connectivity index (χ2n) is 7.74. The van der Waals surface area contributed by atoms with E-state index in [1.807, 2.05) is 32.9 Å². The van der Waals surface area contributed by atoms with Crippen LogP contribution in [0.3, 0.4) is 0 Å². The van der Waals surface area contributed by atoms with Crippen LogP contribution in [0.5, 0.6) is 0 Å². The number of nitrogens with one attached hydrogen (secondary N) is 1. The minimum absolute atomic E-state index is 0.0589. The van der Waals surface area contributed by atoms with Crippen LogP contribution in [0.1, 0.15) is 39.2 Å². The Hall–Kier alpha value is -2.19. The zero-order valence-electron chi connectivity index (χ0n) is 16.1.